The predicted octanol–water partition coefficient (Wildman–Crippen LogP) is 3.11. The van der Waals surface area contributed by atoms with E-state index >= 15 is 0 Å². The number of para-hydroxylation sites is 1. The molecule has 2 aliphatic rings. The van der Waals surface area contributed by atoms with Crippen molar-refractivity contribution in [1.82, 2.24) is 4.90 Å². The molecule has 1 heterocycles. The number of hydrogen-bond acceptors (Lipinski definition) is 3. The summed E-state index contributed by atoms with van der Waals surface area (Å²) in [5, 5.41) is 0. The van der Waals surface area contributed by atoms with E-state index in [1.54, 1.807) is 24.0 Å². The van der Waals surface area contributed by atoms with Gasteiger partial charge in [-0.1, -0.05) is 18.6 Å². The van der Waals surface area contributed by atoms with E-state index in [1.807, 2.05) is 0 Å². The molecule has 1 aromatic carbocycles. The smallest absolute Gasteiger partial charge is 0.265 e. The number of nitrogens with zero attached hydrogens (tertiary/aromatic N) is 1. The summed E-state index contributed by atoms with van der Waals surface area (Å²) >= 11 is 0. The quantitative estimate of drug-likeness (QED) is 0.861. The molecule has 1 spiro atoms. The molecule has 1 saturated heterocycles. The normalized spacial score (nSPS) is 21.8. The third kappa shape index (κ3) is 2.82. The molecule has 1 amide bonds. The van der Waals surface area contributed by atoms with Crippen molar-refractivity contribution in [2.75, 3.05) is 13.2 Å². The molecule has 0 aromatic heterocycles. The van der Waals surface area contributed by atoms with Crippen LogP contribution in [0.25, 0.3) is 0 Å². The van der Waals surface area contributed by atoms with Gasteiger partial charge in [0, 0.05) is 6.54 Å². The maximum atomic E-state index is 13.7. The zero-order valence-corrected chi connectivity index (χ0v) is 12.9. The van der Waals surface area contributed by atoms with E-state index in [1.165, 1.54) is 18.6 Å². The van der Waals surface area contributed by atoms with Crippen LogP contribution in [0, 0.1) is 5.82 Å². The maximum Gasteiger partial charge on any atom is 0.265 e. The second-order valence-electron chi connectivity index (χ2n) is 6.04. The molecule has 2 fully saturated rings. The van der Waals surface area contributed by atoms with E-state index in [9.17, 15) is 9.18 Å². The Hall–Kier alpha value is -1.62. The lowest BCUT2D eigenvalue weighted by Gasteiger charge is -2.40. The highest BCUT2D eigenvalue weighted by Gasteiger charge is 2.46. The average Bonchev–Trinajstić information content (AvgIpc) is 2.92. The molecule has 0 radical (unpaired) electrons. The summed E-state index contributed by atoms with van der Waals surface area (Å²) in [4.78, 5) is 14.5. The highest BCUT2D eigenvalue weighted by molar-refractivity contribution is 5.81. The van der Waals surface area contributed by atoms with Crippen LogP contribution in [-0.2, 0) is 9.53 Å². The molecule has 0 unspecified atom stereocenters. The summed E-state index contributed by atoms with van der Waals surface area (Å²) in [6.45, 7) is 2.82. The van der Waals surface area contributed by atoms with Crippen molar-refractivity contribution in [3.8, 4) is 5.75 Å². The van der Waals surface area contributed by atoms with Gasteiger partial charge in [-0.3, -0.25) is 4.79 Å². The van der Waals surface area contributed by atoms with E-state index in [2.05, 4.69) is 0 Å². The van der Waals surface area contributed by atoms with Crippen LogP contribution < -0.4 is 4.74 Å². The third-order valence-electron chi connectivity index (χ3n) is 4.57. The van der Waals surface area contributed by atoms with Crippen LogP contribution in [0.15, 0.2) is 24.3 Å². The minimum Gasteiger partial charge on any atom is -0.478 e. The summed E-state index contributed by atoms with van der Waals surface area (Å²) in [6, 6.07) is 6.15. The van der Waals surface area contributed by atoms with E-state index in [4.69, 9.17) is 9.47 Å². The van der Waals surface area contributed by atoms with Crippen LogP contribution in [-0.4, -0.2) is 35.8 Å². The number of carbonyl (C=O) groups is 1. The molecular weight excluding hydrogens is 285 g/mol. The topological polar surface area (TPSA) is 38.8 Å². The number of hydrogen-bond donors (Lipinski definition) is 0. The minimum atomic E-state index is -0.725. The number of halogens is 1. The summed E-state index contributed by atoms with van der Waals surface area (Å²) < 4.78 is 25.1. The van der Waals surface area contributed by atoms with Gasteiger partial charge < -0.3 is 14.4 Å². The van der Waals surface area contributed by atoms with Crippen molar-refractivity contribution in [3.05, 3.63) is 30.1 Å². The van der Waals surface area contributed by atoms with Gasteiger partial charge in [0.25, 0.3) is 5.91 Å². The van der Waals surface area contributed by atoms with Crippen LogP contribution in [0.4, 0.5) is 4.39 Å². The van der Waals surface area contributed by atoms with Crippen molar-refractivity contribution < 1.29 is 18.7 Å². The van der Waals surface area contributed by atoms with Crippen LogP contribution in [0.1, 0.15) is 39.0 Å². The van der Waals surface area contributed by atoms with E-state index in [0.717, 1.165) is 25.7 Å². The second kappa shape index (κ2) is 6.24. The first-order valence-electron chi connectivity index (χ1n) is 7.99. The fourth-order valence-electron chi connectivity index (χ4n) is 3.44. The van der Waals surface area contributed by atoms with Gasteiger partial charge in [0.1, 0.15) is 5.72 Å². The number of benzene rings is 1. The van der Waals surface area contributed by atoms with Gasteiger partial charge in [-0.15, -0.1) is 0 Å². The van der Waals surface area contributed by atoms with Crippen LogP contribution >= 0.6 is 0 Å². The SMILES string of the molecule is C[C@H](Oc1ccccc1F)C(=O)N1CCOC12CCCCC2. The number of rotatable bonds is 3. The van der Waals surface area contributed by atoms with Gasteiger partial charge in [-0.2, -0.15) is 0 Å². The fourth-order valence-corrected chi connectivity index (χ4v) is 3.44. The molecule has 22 heavy (non-hydrogen) atoms. The molecule has 3 rings (SSSR count). The van der Waals surface area contributed by atoms with E-state index in [-0.39, 0.29) is 11.7 Å². The molecule has 0 bridgehead atoms. The van der Waals surface area contributed by atoms with Crippen LogP contribution in [0.3, 0.4) is 0 Å². The van der Waals surface area contributed by atoms with Gasteiger partial charge >= 0.3 is 0 Å². The van der Waals surface area contributed by atoms with E-state index in [0.29, 0.717) is 13.2 Å². The Labute approximate surface area is 130 Å². The molecule has 1 aliphatic heterocycles. The number of carbonyl (C=O) groups excluding carboxylic acids is 1. The lowest BCUT2D eigenvalue weighted by Crippen LogP contribution is -2.53. The summed E-state index contributed by atoms with van der Waals surface area (Å²) in [5.41, 5.74) is -0.456. The molecule has 1 aromatic rings. The van der Waals surface area contributed by atoms with Gasteiger partial charge in [-0.05, 0) is 44.7 Å². The maximum absolute atomic E-state index is 13.7. The molecule has 5 heteroatoms. The summed E-state index contributed by atoms with van der Waals surface area (Å²) in [6.07, 6.45) is 4.38. The zero-order chi connectivity index (χ0) is 15.6. The van der Waals surface area contributed by atoms with Crippen molar-refractivity contribution >= 4 is 5.91 Å². The highest BCUT2D eigenvalue weighted by Crippen LogP contribution is 2.38. The summed E-state index contributed by atoms with van der Waals surface area (Å²) in [5.74, 6) is -0.462. The predicted molar refractivity (Wildman–Crippen MR) is 80.0 cm³/mol. The molecular formula is C17H22FNO3. The Balaban J connectivity index is 1.71. The van der Waals surface area contributed by atoms with Crippen molar-refractivity contribution in [1.29, 1.82) is 0 Å². The first kappa shape index (κ1) is 15.3. The van der Waals surface area contributed by atoms with Gasteiger partial charge in [0.05, 0.1) is 6.61 Å². The van der Waals surface area contributed by atoms with Crippen molar-refractivity contribution in [3.63, 3.8) is 0 Å². The lowest BCUT2D eigenvalue weighted by molar-refractivity contribution is -0.161. The summed E-state index contributed by atoms with van der Waals surface area (Å²) in [7, 11) is 0. The monoisotopic (exact) mass is 307 g/mol. The lowest BCUT2D eigenvalue weighted by atomic mass is 9.90. The van der Waals surface area contributed by atoms with Crippen molar-refractivity contribution in [2.45, 2.75) is 50.9 Å². The Morgan fingerprint density at radius 1 is 1.32 bits per heavy atom. The number of amides is 1. The highest BCUT2D eigenvalue weighted by atomic mass is 19.1. The fraction of sp³-hybridized carbons (Fsp3) is 0.588. The van der Waals surface area contributed by atoms with Gasteiger partial charge in [0.15, 0.2) is 17.7 Å². The third-order valence-corrected chi connectivity index (χ3v) is 4.57. The molecule has 4 nitrogen and oxygen atoms in total. The zero-order valence-electron chi connectivity index (χ0n) is 12.9. The Morgan fingerprint density at radius 2 is 2.05 bits per heavy atom. The van der Waals surface area contributed by atoms with Crippen LogP contribution in [0.5, 0.6) is 5.75 Å². The van der Waals surface area contributed by atoms with E-state index < -0.39 is 17.6 Å². The largest absolute Gasteiger partial charge is 0.478 e. The Bertz CT molecular complexity index is 542. The molecule has 1 saturated carbocycles. The minimum absolute atomic E-state index is 0.112. The molecule has 1 atom stereocenters. The standard InChI is InChI=1S/C17H22FNO3/c1-13(22-15-8-4-3-7-14(15)18)16(20)19-11-12-21-17(19)9-5-2-6-10-17/h3-4,7-8,13H,2,5-6,9-12H2,1H3/t13-/m0/s1. The number of ether oxygens (including phenoxy) is 2. The molecule has 120 valence electrons. The average molecular weight is 307 g/mol. The first-order valence-corrected chi connectivity index (χ1v) is 7.99. The van der Waals surface area contributed by atoms with Crippen molar-refractivity contribution in [2.24, 2.45) is 0 Å². The first-order chi connectivity index (χ1) is 10.6. The molecule has 0 N–H and O–H groups in total. The van der Waals surface area contributed by atoms with Gasteiger partial charge in [0.2, 0.25) is 0 Å². The second-order valence-corrected chi connectivity index (χ2v) is 6.04. The van der Waals surface area contributed by atoms with Crippen LogP contribution in [0.2, 0.25) is 0 Å². The Morgan fingerprint density at radius 3 is 2.77 bits per heavy atom. The van der Waals surface area contributed by atoms with Gasteiger partial charge in [-0.25, -0.2) is 4.39 Å². The molecule has 1 aliphatic carbocycles. The Kier molecular flexibility index (Phi) is 4.34.